The lowest BCUT2D eigenvalue weighted by molar-refractivity contribution is 0.0549. The van der Waals surface area contributed by atoms with Gasteiger partial charge in [0, 0.05) is 12.0 Å². The van der Waals surface area contributed by atoms with Crippen molar-refractivity contribution in [3.63, 3.8) is 0 Å². The highest BCUT2D eigenvalue weighted by atomic mass is 79.9. The van der Waals surface area contributed by atoms with Gasteiger partial charge in [-0.1, -0.05) is 24.3 Å². The zero-order chi connectivity index (χ0) is 14.8. The molecule has 106 valence electrons. The molecule has 2 rings (SSSR count). The minimum absolute atomic E-state index is 0.314. The zero-order valence-electron chi connectivity index (χ0n) is 11.4. The van der Waals surface area contributed by atoms with Crippen molar-refractivity contribution in [2.45, 2.75) is 18.9 Å². The second-order valence-electron chi connectivity index (χ2n) is 4.90. The number of methoxy groups -OCH3 is 1. The lowest BCUT2D eigenvalue weighted by Gasteiger charge is -2.26. The molecule has 1 unspecified atom stereocenters. The summed E-state index contributed by atoms with van der Waals surface area (Å²) in [5, 5.41) is 10.7. The number of hydrogen-bond acceptors (Lipinski definition) is 2. The SMILES string of the molecule is COc1ccccc1C(C)(O)Cc1ccc(F)c(Br)c1. The Morgan fingerprint density at radius 3 is 2.60 bits per heavy atom. The Balaban J connectivity index is 2.32. The predicted molar refractivity (Wildman–Crippen MR) is 80.4 cm³/mol. The van der Waals surface area contributed by atoms with E-state index in [1.165, 1.54) is 6.07 Å². The number of benzene rings is 2. The van der Waals surface area contributed by atoms with Crippen molar-refractivity contribution < 1.29 is 14.2 Å². The smallest absolute Gasteiger partial charge is 0.137 e. The number of halogens is 2. The van der Waals surface area contributed by atoms with Crippen LogP contribution in [0.15, 0.2) is 46.9 Å². The summed E-state index contributed by atoms with van der Waals surface area (Å²) in [6, 6.07) is 12.1. The van der Waals surface area contributed by atoms with Crippen LogP contribution < -0.4 is 4.74 Å². The van der Waals surface area contributed by atoms with Crippen molar-refractivity contribution in [1.82, 2.24) is 0 Å². The van der Waals surface area contributed by atoms with Crippen molar-refractivity contribution in [1.29, 1.82) is 0 Å². The zero-order valence-corrected chi connectivity index (χ0v) is 12.9. The average Bonchev–Trinajstić information content (AvgIpc) is 2.42. The first-order chi connectivity index (χ1) is 9.44. The minimum atomic E-state index is -1.09. The molecule has 0 aliphatic heterocycles. The number of ether oxygens (including phenoxy) is 1. The van der Waals surface area contributed by atoms with E-state index in [0.29, 0.717) is 22.2 Å². The van der Waals surface area contributed by atoms with Crippen molar-refractivity contribution in [3.05, 3.63) is 63.9 Å². The van der Waals surface area contributed by atoms with Crippen molar-refractivity contribution in [3.8, 4) is 5.75 Å². The van der Waals surface area contributed by atoms with Crippen LogP contribution in [0, 0.1) is 5.82 Å². The highest BCUT2D eigenvalue weighted by Crippen LogP contribution is 2.33. The monoisotopic (exact) mass is 338 g/mol. The van der Waals surface area contributed by atoms with Gasteiger partial charge >= 0.3 is 0 Å². The van der Waals surface area contributed by atoms with E-state index in [2.05, 4.69) is 15.9 Å². The van der Waals surface area contributed by atoms with Crippen LogP contribution in [-0.4, -0.2) is 12.2 Å². The maximum Gasteiger partial charge on any atom is 0.137 e. The van der Waals surface area contributed by atoms with E-state index in [9.17, 15) is 9.50 Å². The van der Waals surface area contributed by atoms with Crippen LogP contribution in [0.2, 0.25) is 0 Å². The molecule has 0 aliphatic carbocycles. The van der Waals surface area contributed by atoms with E-state index in [1.54, 1.807) is 26.2 Å². The molecular formula is C16H16BrFO2. The third-order valence-corrected chi connectivity index (χ3v) is 3.83. The summed E-state index contributed by atoms with van der Waals surface area (Å²) in [5.41, 5.74) is 0.460. The van der Waals surface area contributed by atoms with Gasteiger partial charge in [0.2, 0.25) is 0 Å². The molecule has 0 fully saturated rings. The highest BCUT2D eigenvalue weighted by molar-refractivity contribution is 9.10. The molecule has 1 N–H and O–H groups in total. The third kappa shape index (κ3) is 3.19. The molecule has 4 heteroatoms. The third-order valence-electron chi connectivity index (χ3n) is 3.22. The summed E-state index contributed by atoms with van der Waals surface area (Å²) in [4.78, 5) is 0. The summed E-state index contributed by atoms with van der Waals surface area (Å²) in [6.45, 7) is 1.72. The number of rotatable bonds is 4. The van der Waals surface area contributed by atoms with Gasteiger partial charge in [-0.15, -0.1) is 0 Å². The van der Waals surface area contributed by atoms with E-state index in [0.717, 1.165) is 5.56 Å². The van der Waals surface area contributed by atoms with Gasteiger partial charge in [-0.2, -0.15) is 0 Å². The minimum Gasteiger partial charge on any atom is -0.496 e. The summed E-state index contributed by atoms with van der Waals surface area (Å²) in [7, 11) is 1.57. The highest BCUT2D eigenvalue weighted by Gasteiger charge is 2.27. The first-order valence-electron chi connectivity index (χ1n) is 6.24. The second-order valence-corrected chi connectivity index (χ2v) is 5.75. The molecule has 0 saturated carbocycles. The van der Waals surface area contributed by atoms with Gasteiger partial charge in [0.1, 0.15) is 11.6 Å². The predicted octanol–water partition coefficient (Wildman–Crippen LogP) is 4.05. The Bertz CT molecular complexity index is 611. The Morgan fingerprint density at radius 1 is 1.25 bits per heavy atom. The first-order valence-corrected chi connectivity index (χ1v) is 7.03. The molecule has 0 saturated heterocycles. The van der Waals surface area contributed by atoms with Crippen LogP contribution in [0.4, 0.5) is 4.39 Å². The lowest BCUT2D eigenvalue weighted by atomic mass is 9.88. The summed E-state index contributed by atoms with van der Waals surface area (Å²) in [5.74, 6) is 0.323. The molecule has 1 atom stereocenters. The van der Waals surface area contributed by atoms with Crippen LogP contribution in [0.5, 0.6) is 5.75 Å². The quantitative estimate of drug-likeness (QED) is 0.911. The maximum atomic E-state index is 13.2. The normalized spacial score (nSPS) is 13.8. The van der Waals surface area contributed by atoms with Crippen LogP contribution >= 0.6 is 15.9 Å². The van der Waals surface area contributed by atoms with Gasteiger partial charge in [-0.3, -0.25) is 0 Å². The fraction of sp³-hybridized carbons (Fsp3) is 0.250. The molecule has 0 radical (unpaired) electrons. The van der Waals surface area contributed by atoms with Gasteiger partial charge in [-0.25, -0.2) is 4.39 Å². The van der Waals surface area contributed by atoms with E-state index in [-0.39, 0.29) is 5.82 Å². The number of hydrogen-bond donors (Lipinski definition) is 1. The maximum absolute atomic E-state index is 13.2. The number of para-hydroxylation sites is 1. The second kappa shape index (κ2) is 5.94. The van der Waals surface area contributed by atoms with Crippen LogP contribution in [-0.2, 0) is 12.0 Å². The largest absolute Gasteiger partial charge is 0.496 e. The molecule has 0 heterocycles. The number of aliphatic hydroxyl groups is 1. The van der Waals surface area contributed by atoms with Gasteiger partial charge < -0.3 is 9.84 Å². The van der Waals surface area contributed by atoms with Gasteiger partial charge in [0.25, 0.3) is 0 Å². The van der Waals surface area contributed by atoms with Crippen molar-refractivity contribution in [2.75, 3.05) is 7.11 Å². The Labute approximate surface area is 126 Å². The Kier molecular flexibility index (Phi) is 4.45. The fourth-order valence-corrected chi connectivity index (χ4v) is 2.66. The molecule has 2 aromatic carbocycles. The van der Waals surface area contributed by atoms with Gasteiger partial charge in [0.05, 0.1) is 17.2 Å². The molecule has 2 aromatic rings. The van der Waals surface area contributed by atoms with Crippen LogP contribution in [0.1, 0.15) is 18.1 Å². The fourth-order valence-electron chi connectivity index (χ4n) is 2.23. The Hall–Kier alpha value is -1.39. The van der Waals surface area contributed by atoms with E-state index in [4.69, 9.17) is 4.74 Å². The standard InChI is InChI=1S/C16H16BrFO2/c1-16(19,12-5-3-4-6-15(12)20-2)10-11-7-8-14(18)13(17)9-11/h3-9,19H,10H2,1-2H3. The van der Waals surface area contributed by atoms with Gasteiger partial charge in [0.15, 0.2) is 0 Å². The molecular weight excluding hydrogens is 323 g/mol. The molecule has 0 spiro atoms. The van der Waals surface area contributed by atoms with Crippen molar-refractivity contribution >= 4 is 15.9 Å². The molecule has 0 aliphatic rings. The van der Waals surface area contributed by atoms with Gasteiger partial charge in [-0.05, 0) is 46.6 Å². The van der Waals surface area contributed by atoms with Crippen molar-refractivity contribution in [2.24, 2.45) is 0 Å². The molecule has 0 amide bonds. The van der Waals surface area contributed by atoms with Crippen LogP contribution in [0.3, 0.4) is 0 Å². The molecule has 2 nitrogen and oxygen atoms in total. The first kappa shape index (κ1) is 15.0. The summed E-state index contributed by atoms with van der Waals surface area (Å²) in [6.07, 6.45) is 0.367. The average molecular weight is 339 g/mol. The molecule has 0 bridgehead atoms. The van der Waals surface area contributed by atoms with E-state index < -0.39 is 5.60 Å². The van der Waals surface area contributed by atoms with E-state index in [1.807, 2.05) is 24.3 Å². The molecule has 20 heavy (non-hydrogen) atoms. The molecule has 0 aromatic heterocycles. The lowest BCUT2D eigenvalue weighted by Crippen LogP contribution is -2.25. The topological polar surface area (TPSA) is 29.5 Å². The Morgan fingerprint density at radius 2 is 1.95 bits per heavy atom. The summed E-state index contributed by atoms with van der Waals surface area (Å²) < 4.78 is 18.9. The van der Waals surface area contributed by atoms with E-state index >= 15 is 0 Å². The summed E-state index contributed by atoms with van der Waals surface area (Å²) >= 11 is 3.16. The van der Waals surface area contributed by atoms with Crippen LogP contribution in [0.25, 0.3) is 0 Å².